The number of nitrogens with zero attached hydrogens (tertiary/aromatic N) is 2. The second-order valence-electron chi connectivity index (χ2n) is 3.32. The molecule has 9 heteroatoms. The van der Waals surface area contributed by atoms with Gasteiger partial charge in [0.1, 0.15) is 10.4 Å². The average molecular weight is 305 g/mol. The molecule has 1 heterocycles. The quantitative estimate of drug-likeness (QED) is 0.891. The Kier molecular flexibility index (Phi) is 3.81. The Balaban J connectivity index is 2.40. The highest BCUT2D eigenvalue weighted by molar-refractivity contribution is 7.93. The van der Waals surface area contributed by atoms with Gasteiger partial charge in [-0.15, -0.1) is 10.2 Å². The smallest absolute Gasteiger partial charge is 0.265 e. The van der Waals surface area contributed by atoms with Crippen molar-refractivity contribution in [2.45, 2.75) is 11.4 Å². The zero-order valence-corrected chi connectivity index (χ0v) is 11.4. The minimum atomic E-state index is -3.78. The van der Waals surface area contributed by atoms with Crippen LogP contribution in [0.1, 0.15) is 5.56 Å². The summed E-state index contributed by atoms with van der Waals surface area (Å²) in [6.07, 6.45) is 0. The van der Waals surface area contributed by atoms with Gasteiger partial charge >= 0.3 is 0 Å². The highest BCUT2D eigenvalue weighted by atomic mass is 35.5. The van der Waals surface area contributed by atoms with E-state index in [0.29, 0.717) is 5.56 Å². The van der Waals surface area contributed by atoms with Crippen LogP contribution in [0.15, 0.2) is 28.6 Å². The van der Waals surface area contributed by atoms with Gasteiger partial charge in [-0.25, -0.2) is 8.42 Å². The fourth-order valence-corrected chi connectivity index (χ4v) is 3.51. The molecule has 1 aromatic carbocycles. The monoisotopic (exact) mass is 304 g/mol. The van der Waals surface area contributed by atoms with Crippen molar-refractivity contribution in [3.05, 3.63) is 34.3 Å². The van der Waals surface area contributed by atoms with Crippen LogP contribution >= 0.6 is 22.9 Å². The van der Waals surface area contributed by atoms with Gasteiger partial charge in [0.2, 0.25) is 5.13 Å². The molecule has 18 heavy (non-hydrogen) atoms. The minimum Gasteiger partial charge on any atom is -0.326 e. The van der Waals surface area contributed by atoms with Crippen molar-refractivity contribution in [1.29, 1.82) is 0 Å². The molecule has 0 spiro atoms. The van der Waals surface area contributed by atoms with Crippen molar-refractivity contribution in [2.75, 3.05) is 4.72 Å². The van der Waals surface area contributed by atoms with Crippen LogP contribution in [0.4, 0.5) is 5.13 Å². The zero-order valence-electron chi connectivity index (χ0n) is 9.00. The summed E-state index contributed by atoms with van der Waals surface area (Å²) in [5.74, 6) is 0. The number of rotatable bonds is 4. The standard InChI is InChI=1S/C9H9ClN4O2S2/c10-7-2-1-6(4-11)3-8(7)18(15,16)14-9-13-12-5-17-9/h1-3,5H,4,11H2,(H,13,14). The molecule has 0 aliphatic heterocycles. The van der Waals surface area contributed by atoms with Gasteiger partial charge in [0, 0.05) is 6.54 Å². The SMILES string of the molecule is NCc1ccc(Cl)c(S(=O)(=O)Nc2nncs2)c1. The Morgan fingerprint density at radius 3 is 2.83 bits per heavy atom. The summed E-state index contributed by atoms with van der Waals surface area (Å²) in [6, 6.07) is 4.61. The van der Waals surface area contributed by atoms with E-state index < -0.39 is 10.0 Å². The van der Waals surface area contributed by atoms with Crippen molar-refractivity contribution >= 4 is 38.1 Å². The van der Waals surface area contributed by atoms with Crippen LogP contribution in [0.25, 0.3) is 0 Å². The molecule has 3 N–H and O–H groups in total. The van der Waals surface area contributed by atoms with Gasteiger partial charge in [-0.3, -0.25) is 4.72 Å². The average Bonchev–Trinajstić information content (AvgIpc) is 2.81. The van der Waals surface area contributed by atoms with E-state index in [1.807, 2.05) is 0 Å². The molecule has 0 aliphatic carbocycles. The molecule has 0 aliphatic rings. The van der Waals surface area contributed by atoms with Crippen molar-refractivity contribution < 1.29 is 8.42 Å². The van der Waals surface area contributed by atoms with Gasteiger partial charge in [-0.05, 0) is 17.7 Å². The van der Waals surface area contributed by atoms with Crippen LogP contribution in [0.2, 0.25) is 5.02 Å². The fraction of sp³-hybridized carbons (Fsp3) is 0.111. The molecule has 0 fully saturated rings. The van der Waals surface area contributed by atoms with E-state index in [1.165, 1.54) is 17.6 Å². The summed E-state index contributed by atoms with van der Waals surface area (Å²) in [7, 11) is -3.78. The topological polar surface area (TPSA) is 98.0 Å². The molecular formula is C9H9ClN4O2S2. The first-order valence-electron chi connectivity index (χ1n) is 4.80. The summed E-state index contributed by atoms with van der Waals surface area (Å²) in [6.45, 7) is 0.235. The van der Waals surface area contributed by atoms with Gasteiger partial charge in [0.25, 0.3) is 10.0 Å². The van der Waals surface area contributed by atoms with E-state index in [1.54, 1.807) is 6.07 Å². The van der Waals surface area contributed by atoms with Gasteiger partial charge in [-0.2, -0.15) is 0 Å². The van der Waals surface area contributed by atoms with Crippen LogP contribution in [-0.4, -0.2) is 18.6 Å². The van der Waals surface area contributed by atoms with E-state index in [4.69, 9.17) is 17.3 Å². The number of anilines is 1. The Morgan fingerprint density at radius 2 is 2.22 bits per heavy atom. The van der Waals surface area contributed by atoms with E-state index in [9.17, 15) is 8.42 Å². The summed E-state index contributed by atoms with van der Waals surface area (Å²) in [4.78, 5) is -0.0256. The van der Waals surface area contributed by atoms with Crippen molar-refractivity contribution in [1.82, 2.24) is 10.2 Å². The maximum Gasteiger partial charge on any atom is 0.265 e. The van der Waals surface area contributed by atoms with Crippen LogP contribution < -0.4 is 10.5 Å². The first kappa shape index (κ1) is 13.2. The predicted octanol–water partition coefficient (Wildman–Crippen LogP) is 1.45. The third-order valence-electron chi connectivity index (χ3n) is 2.10. The normalized spacial score (nSPS) is 11.4. The number of hydrogen-bond acceptors (Lipinski definition) is 6. The molecule has 0 radical (unpaired) electrons. The number of aromatic nitrogens is 2. The van der Waals surface area contributed by atoms with E-state index in [2.05, 4.69) is 14.9 Å². The Hall–Kier alpha value is -1.22. The maximum absolute atomic E-state index is 12.1. The number of nitrogens with one attached hydrogen (secondary N) is 1. The molecule has 2 rings (SSSR count). The highest BCUT2D eigenvalue weighted by Gasteiger charge is 2.19. The van der Waals surface area contributed by atoms with E-state index in [-0.39, 0.29) is 21.6 Å². The number of nitrogens with two attached hydrogens (primary N) is 1. The van der Waals surface area contributed by atoms with Gasteiger partial charge < -0.3 is 5.73 Å². The fourth-order valence-electron chi connectivity index (χ4n) is 1.27. The maximum atomic E-state index is 12.1. The van der Waals surface area contributed by atoms with Crippen LogP contribution in [0.3, 0.4) is 0 Å². The number of halogens is 1. The molecule has 0 saturated carbocycles. The number of hydrogen-bond donors (Lipinski definition) is 2. The van der Waals surface area contributed by atoms with Crippen LogP contribution in [0, 0.1) is 0 Å². The molecule has 2 aromatic rings. The molecule has 1 aromatic heterocycles. The van der Waals surface area contributed by atoms with Crippen LogP contribution in [0.5, 0.6) is 0 Å². The third-order valence-corrected chi connectivity index (χ3v) is 4.66. The largest absolute Gasteiger partial charge is 0.326 e. The second kappa shape index (κ2) is 5.19. The summed E-state index contributed by atoms with van der Waals surface area (Å²) in [5.41, 5.74) is 7.57. The van der Waals surface area contributed by atoms with Gasteiger partial charge in [0.05, 0.1) is 5.02 Å². The molecule has 6 nitrogen and oxygen atoms in total. The Morgan fingerprint density at radius 1 is 1.44 bits per heavy atom. The number of benzene rings is 1. The lowest BCUT2D eigenvalue weighted by molar-refractivity contribution is 0.601. The first-order chi connectivity index (χ1) is 8.53. The first-order valence-corrected chi connectivity index (χ1v) is 7.54. The molecule has 96 valence electrons. The highest BCUT2D eigenvalue weighted by Crippen LogP contribution is 2.25. The lowest BCUT2D eigenvalue weighted by atomic mass is 10.2. The minimum absolute atomic E-state index is 0.0256. The van der Waals surface area contributed by atoms with Gasteiger partial charge in [0.15, 0.2) is 0 Å². The lowest BCUT2D eigenvalue weighted by Crippen LogP contribution is -2.14. The van der Waals surface area contributed by atoms with Crippen molar-refractivity contribution in [3.8, 4) is 0 Å². The molecule has 0 atom stereocenters. The molecule has 0 saturated heterocycles. The van der Waals surface area contributed by atoms with E-state index in [0.717, 1.165) is 11.3 Å². The summed E-state index contributed by atoms with van der Waals surface area (Å²) >= 11 is 6.97. The summed E-state index contributed by atoms with van der Waals surface area (Å²) in [5, 5.41) is 7.47. The van der Waals surface area contributed by atoms with E-state index >= 15 is 0 Å². The summed E-state index contributed by atoms with van der Waals surface area (Å²) < 4.78 is 26.5. The second-order valence-corrected chi connectivity index (χ2v) is 6.21. The molecule has 0 amide bonds. The zero-order chi connectivity index (χ0) is 13.2. The van der Waals surface area contributed by atoms with Gasteiger partial charge in [-0.1, -0.05) is 29.0 Å². The van der Waals surface area contributed by atoms with Crippen molar-refractivity contribution in [2.24, 2.45) is 5.73 Å². The van der Waals surface area contributed by atoms with Crippen LogP contribution in [-0.2, 0) is 16.6 Å². The number of sulfonamides is 1. The molecule has 0 unspecified atom stereocenters. The molecular weight excluding hydrogens is 296 g/mol. The predicted molar refractivity (Wildman–Crippen MR) is 70.1 cm³/mol. The molecule has 0 bridgehead atoms. The Labute approximate surface area is 113 Å². The Bertz CT molecular complexity index is 643. The third kappa shape index (κ3) is 2.78. The van der Waals surface area contributed by atoms with Crippen molar-refractivity contribution in [3.63, 3.8) is 0 Å². The lowest BCUT2D eigenvalue weighted by Gasteiger charge is -2.08.